The van der Waals surface area contributed by atoms with Crippen LogP contribution in [0.5, 0.6) is 6.01 Å². The van der Waals surface area contributed by atoms with Gasteiger partial charge in [-0.15, -0.1) is 0 Å². The minimum atomic E-state index is -1.12. The lowest BCUT2D eigenvalue weighted by atomic mass is 10.0. The number of ether oxygens (including phenoxy) is 1. The van der Waals surface area contributed by atoms with E-state index in [1.54, 1.807) is 29.2 Å². The van der Waals surface area contributed by atoms with Crippen molar-refractivity contribution in [2.75, 3.05) is 31.6 Å². The lowest BCUT2D eigenvalue weighted by molar-refractivity contribution is 0.119. The van der Waals surface area contributed by atoms with Crippen LogP contribution in [0.2, 0.25) is 5.02 Å². The second kappa shape index (κ2) is 9.63. The van der Waals surface area contributed by atoms with E-state index >= 15 is 4.39 Å². The molecular formula is C25H19ClF2N6O3. The van der Waals surface area contributed by atoms with Gasteiger partial charge in [0.05, 0.1) is 36.1 Å². The summed E-state index contributed by atoms with van der Waals surface area (Å²) in [6.07, 6.45) is 0.280. The van der Waals surface area contributed by atoms with Crippen LogP contribution in [0.25, 0.3) is 32.9 Å². The molecule has 9 nitrogen and oxygen atoms in total. The molecule has 0 bridgehead atoms. The minimum Gasteiger partial charge on any atom is -0.467 e. The molecule has 1 saturated heterocycles. The van der Waals surface area contributed by atoms with Gasteiger partial charge in [0, 0.05) is 36.8 Å². The van der Waals surface area contributed by atoms with Crippen LogP contribution in [-0.4, -0.2) is 63.8 Å². The summed E-state index contributed by atoms with van der Waals surface area (Å²) in [6.45, 7) is 0.547. The highest BCUT2D eigenvalue weighted by Crippen LogP contribution is 2.38. The number of hydrogen-bond acceptors (Lipinski definition) is 7. The van der Waals surface area contributed by atoms with Gasteiger partial charge in [-0.25, -0.2) is 13.6 Å². The number of fused-ring (bicyclic) bond motifs is 2. The summed E-state index contributed by atoms with van der Waals surface area (Å²) in [4.78, 5) is 27.5. The van der Waals surface area contributed by atoms with Crippen molar-refractivity contribution in [3.8, 4) is 23.3 Å². The van der Waals surface area contributed by atoms with Crippen LogP contribution in [0.4, 0.5) is 19.4 Å². The molecule has 1 unspecified atom stereocenters. The first-order valence-corrected chi connectivity index (χ1v) is 11.6. The third-order valence-electron chi connectivity index (χ3n) is 6.37. The van der Waals surface area contributed by atoms with Gasteiger partial charge in [-0.2, -0.15) is 15.2 Å². The molecule has 1 atom stereocenters. The van der Waals surface area contributed by atoms with Gasteiger partial charge in [0.1, 0.15) is 22.8 Å². The number of nitriles is 1. The van der Waals surface area contributed by atoms with Gasteiger partial charge < -0.3 is 19.6 Å². The Labute approximate surface area is 214 Å². The SMILES string of the molecule is COc1nc(N2CCN(C(=O)O)C(CC#N)C2)c2cnc(-c3cccc4ccc(F)c(Cl)c34)c(F)c2n1. The molecule has 5 rings (SSSR count). The number of rotatable bonds is 4. The molecule has 12 heteroatoms. The summed E-state index contributed by atoms with van der Waals surface area (Å²) in [6, 6.07) is 9.14. The first-order chi connectivity index (χ1) is 17.8. The largest absolute Gasteiger partial charge is 0.467 e. The lowest BCUT2D eigenvalue weighted by Gasteiger charge is -2.39. The number of methoxy groups -OCH3 is 1. The van der Waals surface area contributed by atoms with Gasteiger partial charge in [-0.3, -0.25) is 4.98 Å². The van der Waals surface area contributed by atoms with Gasteiger partial charge in [-0.1, -0.05) is 35.9 Å². The molecule has 4 aromatic rings. The van der Waals surface area contributed by atoms with E-state index in [0.29, 0.717) is 22.2 Å². The van der Waals surface area contributed by atoms with Gasteiger partial charge in [0.15, 0.2) is 5.82 Å². The molecule has 0 radical (unpaired) electrons. The van der Waals surface area contributed by atoms with Gasteiger partial charge in [0.2, 0.25) is 0 Å². The van der Waals surface area contributed by atoms with Crippen molar-refractivity contribution >= 4 is 45.2 Å². The van der Waals surface area contributed by atoms with Crippen molar-refractivity contribution in [3.63, 3.8) is 0 Å². The number of carboxylic acid groups (broad SMARTS) is 1. The molecule has 2 aromatic heterocycles. The Kier molecular flexibility index (Phi) is 6.35. The van der Waals surface area contributed by atoms with E-state index < -0.39 is 23.8 Å². The Balaban J connectivity index is 1.67. The van der Waals surface area contributed by atoms with Crippen molar-refractivity contribution in [1.29, 1.82) is 5.26 Å². The van der Waals surface area contributed by atoms with Gasteiger partial charge in [-0.05, 0) is 11.5 Å². The quantitative estimate of drug-likeness (QED) is 0.402. The second-order valence-electron chi connectivity index (χ2n) is 8.42. The Hall–Kier alpha value is -4.30. The molecule has 1 fully saturated rings. The van der Waals surface area contributed by atoms with Gasteiger partial charge >= 0.3 is 12.1 Å². The number of piperazine rings is 1. The number of pyridine rings is 1. The van der Waals surface area contributed by atoms with Crippen LogP contribution in [-0.2, 0) is 0 Å². The molecule has 1 aliphatic heterocycles. The van der Waals surface area contributed by atoms with Crippen LogP contribution in [0.15, 0.2) is 36.5 Å². The van der Waals surface area contributed by atoms with Crippen molar-refractivity contribution < 1.29 is 23.4 Å². The molecule has 37 heavy (non-hydrogen) atoms. The zero-order valence-electron chi connectivity index (χ0n) is 19.5. The highest BCUT2D eigenvalue weighted by Gasteiger charge is 2.32. The van der Waals surface area contributed by atoms with E-state index in [1.165, 1.54) is 24.3 Å². The highest BCUT2D eigenvalue weighted by atomic mass is 35.5. The van der Waals surface area contributed by atoms with Gasteiger partial charge in [0.25, 0.3) is 0 Å². The zero-order valence-corrected chi connectivity index (χ0v) is 20.2. The summed E-state index contributed by atoms with van der Waals surface area (Å²) in [5.41, 5.74) is 0.147. The van der Waals surface area contributed by atoms with E-state index in [-0.39, 0.29) is 53.7 Å². The van der Waals surface area contributed by atoms with Crippen LogP contribution in [0.1, 0.15) is 6.42 Å². The zero-order chi connectivity index (χ0) is 26.3. The Morgan fingerprint density at radius 3 is 2.81 bits per heavy atom. The summed E-state index contributed by atoms with van der Waals surface area (Å²) >= 11 is 6.25. The van der Waals surface area contributed by atoms with Crippen LogP contribution >= 0.6 is 11.6 Å². The van der Waals surface area contributed by atoms with E-state index in [1.807, 2.05) is 6.07 Å². The number of hydrogen-bond donors (Lipinski definition) is 1. The predicted molar refractivity (Wildman–Crippen MR) is 133 cm³/mol. The predicted octanol–water partition coefficient (Wildman–Crippen LogP) is 4.87. The first-order valence-electron chi connectivity index (χ1n) is 11.2. The summed E-state index contributed by atoms with van der Waals surface area (Å²) in [7, 11) is 1.35. The van der Waals surface area contributed by atoms with Crippen LogP contribution in [0.3, 0.4) is 0 Å². The average Bonchev–Trinajstić information content (AvgIpc) is 2.90. The molecule has 1 N–H and O–H groups in total. The Morgan fingerprint density at radius 2 is 2.08 bits per heavy atom. The standard InChI is InChI=1S/C25H19ClF2N6O3/c1-37-24-31-22-16(23(32-24)33-9-10-34(25(35)36)14(12-33)7-8-29)11-30-21(20(22)28)15-4-2-3-13-5-6-17(27)19(26)18(13)15/h2-6,11,14H,7,9-10,12H2,1H3,(H,35,36). The minimum absolute atomic E-state index is 0.0158. The first kappa shape index (κ1) is 24.4. The third kappa shape index (κ3) is 4.19. The monoisotopic (exact) mass is 524 g/mol. The normalized spacial score (nSPS) is 15.7. The fourth-order valence-electron chi connectivity index (χ4n) is 4.63. The maximum absolute atomic E-state index is 16.1. The van der Waals surface area contributed by atoms with Crippen molar-refractivity contribution in [1.82, 2.24) is 19.9 Å². The van der Waals surface area contributed by atoms with E-state index in [9.17, 15) is 19.6 Å². The second-order valence-corrected chi connectivity index (χ2v) is 8.80. The molecule has 1 aliphatic rings. The molecule has 1 amide bonds. The lowest BCUT2D eigenvalue weighted by Crippen LogP contribution is -2.55. The maximum Gasteiger partial charge on any atom is 0.407 e. The molecular weight excluding hydrogens is 506 g/mol. The molecule has 0 spiro atoms. The smallest absolute Gasteiger partial charge is 0.407 e. The molecule has 0 aliphatic carbocycles. The molecule has 3 heterocycles. The van der Waals surface area contributed by atoms with Crippen LogP contribution < -0.4 is 9.64 Å². The van der Waals surface area contributed by atoms with E-state index in [4.69, 9.17) is 16.3 Å². The number of nitrogens with zero attached hydrogens (tertiary/aromatic N) is 6. The third-order valence-corrected chi connectivity index (χ3v) is 6.74. The van der Waals surface area contributed by atoms with Crippen molar-refractivity contribution in [2.45, 2.75) is 12.5 Å². The Morgan fingerprint density at radius 1 is 1.27 bits per heavy atom. The fraction of sp³-hybridized carbons (Fsp3) is 0.240. The van der Waals surface area contributed by atoms with Crippen molar-refractivity contribution in [3.05, 3.63) is 53.2 Å². The molecule has 188 valence electrons. The number of benzene rings is 2. The van der Waals surface area contributed by atoms with Crippen molar-refractivity contribution in [2.24, 2.45) is 0 Å². The number of aromatic nitrogens is 3. The average molecular weight is 525 g/mol. The van der Waals surface area contributed by atoms with Crippen LogP contribution in [0, 0.1) is 23.0 Å². The topological polar surface area (TPSA) is 115 Å². The summed E-state index contributed by atoms with van der Waals surface area (Å²) < 4.78 is 35.6. The van der Waals surface area contributed by atoms with E-state index in [2.05, 4.69) is 15.0 Å². The van der Waals surface area contributed by atoms with E-state index in [0.717, 1.165) is 0 Å². The molecule has 2 aromatic carbocycles. The fourth-order valence-corrected chi connectivity index (χ4v) is 4.90. The number of halogens is 3. The number of anilines is 1. The highest BCUT2D eigenvalue weighted by molar-refractivity contribution is 6.36. The number of carbonyl (C=O) groups is 1. The summed E-state index contributed by atoms with van der Waals surface area (Å²) in [5.74, 6) is -1.11. The Bertz CT molecular complexity index is 1600. The summed E-state index contributed by atoms with van der Waals surface area (Å²) in [5, 5.41) is 19.8. The maximum atomic E-state index is 16.1. The molecule has 0 saturated carbocycles. The number of amides is 1.